The molecule has 1 aliphatic heterocycles. The van der Waals surface area contributed by atoms with Gasteiger partial charge >= 0.3 is 0 Å². The lowest BCUT2D eigenvalue weighted by atomic mass is 9.96. The lowest BCUT2D eigenvalue weighted by Gasteiger charge is -2.32. The number of benzene rings is 1. The Morgan fingerprint density at radius 2 is 2.06 bits per heavy atom. The van der Waals surface area contributed by atoms with Gasteiger partial charge in [-0.05, 0) is 56.2 Å². The fraction of sp³-hybridized carbons (Fsp3) is 0.308. The predicted octanol–water partition coefficient (Wildman–Crippen LogP) is 3.91. The predicted molar refractivity (Wildman–Crippen MR) is 138 cm³/mol. The Morgan fingerprint density at radius 1 is 1.32 bits per heavy atom. The molecule has 8 heteroatoms. The zero-order chi connectivity index (χ0) is 24.7. The third kappa shape index (κ3) is 5.70. The first-order chi connectivity index (χ1) is 16.4. The monoisotopic (exact) mass is 460 g/mol. The van der Waals surface area contributed by atoms with Crippen molar-refractivity contribution >= 4 is 23.6 Å². The van der Waals surface area contributed by atoms with Crippen molar-refractivity contribution in [2.45, 2.75) is 25.7 Å². The summed E-state index contributed by atoms with van der Waals surface area (Å²) in [5.74, 6) is 0.661. The Hall–Kier alpha value is -3.94. The summed E-state index contributed by atoms with van der Waals surface area (Å²) >= 11 is 0. The highest BCUT2D eigenvalue weighted by atomic mass is 16.2. The van der Waals surface area contributed by atoms with Gasteiger partial charge in [0.05, 0.1) is 5.56 Å². The van der Waals surface area contributed by atoms with Gasteiger partial charge in [-0.3, -0.25) is 9.59 Å². The van der Waals surface area contributed by atoms with Crippen LogP contribution < -0.4 is 15.8 Å². The molecule has 34 heavy (non-hydrogen) atoms. The number of amides is 1. The van der Waals surface area contributed by atoms with Gasteiger partial charge in [0, 0.05) is 56.3 Å². The number of hydrogen-bond acceptors (Lipinski definition) is 6. The molecule has 1 atom stereocenters. The molecule has 1 aromatic heterocycles. The number of rotatable bonds is 8. The molecule has 0 aliphatic carbocycles. The number of aromatic nitrogens is 2. The van der Waals surface area contributed by atoms with E-state index in [0.717, 1.165) is 24.7 Å². The second-order valence-electron chi connectivity index (χ2n) is 8.37. The van der Waals surface area contributed by atoms with Gasteiger partial charge in [-0.2, -0.15) is 0 Å². The highest BCUT2D eigenvalue weighted by molar-refractivity contribution is 5.94. The molecule has 2 heterocycles. The minimum atomic E-state index is -0.389. The Bertz CT molecular complexity index is 1160. The molecule has 8 nitrogen and oxygen atoms in total. The quantitative estimate of drug-likeness (QED) is 0.409. The maximum atomic E-state index is 13.1. The molecule has 0 spiro atoms. The molecule has 3 rings (SSSR count). The molecule has 1 aliphatic rings. The molecule has 0 saturated carbocycles. The van der Waals surface area contributed by atoms with Crippen LogP contribution in [-0.4, -0.2) is 54.2 Å². The van der Waals surface area contributed by atoms with E-state index in [4.69, 9.17) is 5.41 Å². The number of allylic oxidation sites excluding steroid dienone is 4. The number of carbonyl (C=O) groups is 1. The van der Waals surface area contributed by atoms with E-state index in [-0.39, 0.29) is 22.9 Å². The zero-order valence-corrected chi connectivity index (χ0v) is 20.0. The number of hydrogen-bond donors (Lipinski definition) is 3. The summed E-state index contributed by atoms with van der Waals surface area (Å²) in [7, 11) is 3.92. The van der Waals surface area contributed by atoms with Gasteiger partial charge in [0.15, 0.2) is 0 Å². The molecule has 3 N–H and O–H groups in total. The van der Waals surface area contributed by atoms with E-state index in [2.05, 4.69) is 21.9 Å². The van der Waals surface area contributed by atoms with Crippen LogP contribution in [-0.2, 0) is 0 Å². The maximum Gasteiger partial charge on any atom is 0.261 e. The van der Waals surface area contributed by atoms with Crippen molar-refractivity contribution in [1.29, 1.82) is 5.41 Å². The van der Waals surface area contributed by atoms with Crippen LogP contribution in [0.3, 0.4) is 0 Å². The van der Waals surface area contributed by atoms with Crippen molar-refractivity contribution < 1.29 is 4.79 Å². The number of H-pyrrole nitrogens is 1. The molecule has 2 aromatic rings. The summed E-state index contributed by atoms with van der Waals surface area (Å²) in [6.07, 6.45) is 9.76. The van der Waals surface area contributed by atoms with E-state index in [0.29, 0.717) is 36.0 Å². The second-order valence-corrected chi connectivity index (χ2v) is 8.37. The maximum absolute atomic E-state index is 13.1. The van der Waals surface area contributed by atoms with Crippen molar-refractivity contribution in [2.75, 3.05) is 37.4 Å². The fourth-order valence-corrected chi connectivity index (χ4v) is 3.89. The van der Waals surface area contributed by atoms with Gasteiger partial charge in [-0.15, -0.1) is 0 Å². The van der Waals surface area contributed by atoms with Crippen LogP contribution >= 0.6 is 0 Å². The van der Waals surface area contributed by atoms with Crippen molar-refractivity contribution in [2.24, 2.45) is 0 Å². The zero-order valence-electron chi connectivity index (χ0n) is 20.0. The molecule has 0 bridgehead atoms. The van der Waals surface area contributed by atoms with Crippen molar-refractivity contribution in [1.82, 2.24) is 14.9 Å². The highest BCUT2D eigenvalue weighted by Gasteiger charge is 2.28. The molecule has 1 unspecified atom stereocenters. The lowest BCUT2D eigenvalue weighted by Crippen LogP contribution is -2.40. The number of nitrogens with zero attached hydrogens (tertiary/aromatic N) is 3. The number of anilines is 2. The number of nitrogens with one attached hydrogen (secondary N) is 3. The number of carbonyl (C=O) groups excluding carboxylic acids is 1. The Morgan fingerprint density at radius 3 is 2.68 bits per heavy atom. The average molecular weight is 461 g/mol. The standard InChI is InChI=1S/C26H32N6O2/c1-5-7-10-20(6-2)28-24-22(16-27)25(33)30-23(29-24)19-9-8-15-32(17-19)26(34)18-11-13-21(14-12-18)31(3)4/h5-7,10-14,16,19,27H,2,8-9,15,17H2,1,3-4H3,(H2,28,29,30,33)/b7-5-,20-10+,27-16?. The first kappa shape index (κ1) is 24.7. The summed E-state index contributed by atoms with van der Waals surface area (Å²) in [4.78, 5) is 37.1. The van der Waals surface area contributed by atoms with E-state index in [1.807, 2.05) is 73.3 Å². The SMILES string of the molecule is C=C/C(=C\C=C/C)Nc1nc(C2CCCN(C(=O)c3ccc(N(C)C)cc3)C2)[nH]c(=O)c1C=N. The lowest BCUT2D eigenvalue weighted by molar-refractivity contribution is 0.0704. The summed E-state index contributed by atoms with van der Waals surface area (Å²) < 4.78 is 0. The van der Waals surface area contributed by atoms with Crippen LogP contribution in [0.25, 0.3) is 0 Å². The van der Waals surface area contributed by atoms with Crippen LogP contribution in [0.2, 0.25) is 0 Å². The van der Waals surface area contributed by atoms with Gasteiger partial charge in [-0.1, -0.05) is 18.7 Å². The first-order valence-corrected chi connectivity index (χ1v) is 11.3. The van der Waals surface area contributed by atoms with Crippen molar-refractivity contribution in [3.8, 4) is 0 Å². The minimum absolute atomic E-state index is 0.0324. The van der Waals surface area contributed by atoms with E-state index in [1.54, 1.807) is 6.08 Å². The number of aromatic amines is 1. The fourth-order valence-electron chi connectivity index (χ4n) is 3.89. The van der Waals surface area contributed by atoms with E-state index in [1.165, 1.54) is 0 Å². The number of piperidine rings is 1. The largest absolute Gasteiger partial charge is 0.378 e. The van der Waals surface area contributed by atoms with Crippen LogP contribution in [0, 0.1) is 5.41 Å². The van der Waals surface area contributed by atoms with Crippen LogP contribution in [0.4, 0.5) is 11.5 Å². The average Bonchev–Trinajstić information content (AvgIpc) is 2.86. The smallest absolute Gasteiger partial charge is 0.261 e. The highest BCUT2D eigenvalue weighted by Crippen LogP contribution is 2.27. The summed E-state index contributed by atoms with van der Waals surface area (Å²) in [6, 6.07) is 7.55. The summed E-state index contributed by atoms with van der Waals surface area (Å²) in [5, 5.41) is 10.8. The van der Waals surface area contributed by atoms with Gasteiger partial charge in [0.2, 0.25) is 0 Å². The molecule has 1 aromatic carbocycles. The van der Waals surface area contributed by atoms with Gasteiger partial charge < -0.3 is 25.5 Å². The minimum Gasteiger partial charge on any atom is -0.378 e. The molecule has 1 saturated heterocycles. The topological polar surface area (TPSA) is 105 Å². The van der Waals surface area contributed by atoms with E-state index in [9.17, 15) is 9.59 Å². The molecular formula is C26H32N6O2. The normalized spacial score (nSPS) is 16.4. The second kappa shape index (κ2) is 11.3. The summed E-state index contributed by atoms with van der Waals surface area (Å²) in [5.41, 5.74) is 2.08. The Labute approximate surface area is 200 Å². The molecule has 178 valence electrons. The summed E-state index contributed by atoms with van der Waals surface area (Å²) in [6.45, 7) is 6.81. The molecular weight excluding hydrogens is 428 g/mol. The van der Waals surface area contributed by atoms with E-state index < -0.39 is 0 Å². The van der Waals surface area contributed by atoms with Crippen molar-refractivity contribution in [3.05, 3.63) is 88.2 Å². The van der Waals surface area contributed by atoms with Gasteiger partial charge in [-0.25, -0.2) is 4.98 Å². The number of likely N-dealkylation sites (tertiary alicyclic amines) is 1. The molecule has 0 radical (unpaired) electrons. The first-order valence-electron chi connectivity index (χ1n) is 11.3. The van der Waals surface area contributed by atoms with Crippen LogP contribution in [0.1, 0.15) is 47.4 Å². The van der Waals surface area contributed by atoms with Crippen LogP contribution in [0.5, 0.6) is 0 Å². The molecule has 1 amide bonds. The van der Waals surface area contributed by atoms with Gasteiger partial charge in [0.1, 0.15) is 11.6 Å². The Balaban J connectivity index is 1.85. The van der Waals surface area contributed by atoms with Crippen molar-refractivity contribution in [3.63, 3.8) is 0 Å². The third-order valence-electron chi connectivity index (χ3n) is 5.79. The van der Waals surface area contributed by atoms with E-state index >= 15 is 0 Å². The third-order valence-corrected chi connectivity index (χ3v) is 5.79. The van der Waals surface area contributed by atoms with Gasteiger partial charge in [0.25, 0.3) is 11.5 Å². The Kier molecular flexibility index (Phi) is 8.19. The molecule has 1 fully saturated rings. The van der Waals surface area contributed by atoms with Crippen LogP contribution in [0.15, 0.2) is 65.6 Å².